The van der Waals surface area contributed by atoms with E-state index in [1.54, 1.807) is 0 Å². The van der Waals surface area contributed by atoms with Crippen LogP contribution in [0.15, 0.2) is 29.2 Å². The van der Waals surface area contributed by atoms with Gasteiger partial charge in [-0.25, -0.2) is 4.79 Å². The standard InChI is InChI=1S/C12H7O7S.Na/c13-11(14)7-2-3-8-6(5-7)1-4-9(12(15)16)10(8)20(17,18)19;/h2-5H,(H,13,14)(H,15,16)(H,17,18,19);/q-1;+1. The molecule has 3 N–H and O–H groups in total. The van der Waals surface area contributed by atoms with Crippen molar-refractivity contribution < 1.29 is 62.3 Å². The number of hydrogen-bond acceptors (Lipinski definition) is 4. The number of fused-ring (bicyclic) bond motifs is 1. The van der Waals surface area contributed by atoms with Crippen LogP contribution in [0.4, 0.5) is 0 Å². The summed E-state index contributed by atoms with van der Waals surface area (Å²) in [5, 5.41) is 17.7. The van der Waals surface area contributed by atoms with E-state index >= 15 is 0 Å². The first-order chi connectivity index (χ1) is 9.21. The fourth-order valence-electron chi connectivity index (χ4n) is 1.79. The van der Waals surface area contributed by atoms with E-state index in [-0.39, 0.29) is 45.9 Å². The van der Waals surface area contributed by atoms with Gasteiger partial charge in [-0.1, -0.05) is 17.5 Å². The van der Waals surface area contributed by atoms with E-state index in [4.69, 9.17) is 10.2 Å². The summed E-state index contributed by atoms with van der Waals surface area (Å²) in [6, 6.07) is 6.73. The van der Waals surface area contributed by atoms with Gasteiger partial charge in [-0.3, -0.25) is 9.35 Å². The van der Waals surface area contributed by atoms with Gasteiger partial charge in [0.15, 0.2) is 0 Å². The van der Waals surface area contributed by atoms with Crippen LogP contribution >= 0.6 is 0 Å². The van der Waals surface area contributed by atoms with Crippen molar-refractivity contribution >= 4 is 32.8 Å². The number of carboxylic acid groups (broad SMARTS) is 2. The molecule has 0 fully saturated rings. The molecule has 21 heavy (non-hydrogen) atoms. The van der Waals surface area contributed by atoms with Gasteiger partial charge in [-0.05, 0) is 5.56 Å². The summed E-state index contributed by atoms with van der Waals surface area (Å²) in [5.74, 6) is -2.77. The van der Waals surface area contributed by atoms with Crippen molar-refractivity contribution in [3.05, 3.63) is 41.5 Å². The average Bonchev–Trinajstić information content (AvgIpc) is 2.35. The third-order valence-electron chi connectivity index (χ3n) is 2.62. The van der Waals surface area contributed by atoms with Gasteiger partial charge in [0, 0.05) is 10.5 Å². The average molecular weight is 318 g/mol. The first kappa shape index (κ1) is 17.6. The molecule has 0 saturated carbocycles. The first-order valence-electron chi connectivity index (χ1n) is 5.14. The summed E-state index contributed by atoms with van der Waals surface area (Å²) in [7, 11) is -4.79. The molecule has 0 bridgehead atoms. The van der Waals surface area contributed by atoms with Crippen LogP contribution in [0.1, 0.15) is 20.7 Å². The Balaban J connectivity index is 0.00000220. The number of rotatable bonds is 3. The number of benzene rings is 2. The molecule has 0 aliphatic rings. The van der Waals surface area contributed by atoms with Gasteiger partial charge in [-0.15, -0.1) is 23.6 Å². The van der Waals surface area contributed by atoms with Gasteiger partial charge >= 0.3 is 35.5 Å². The van der Waals surface area contributed by atoms with Crippen molar-refractivity contribution in [3.63, 3.8) is 0 Å². The number of aromatic carboxylic acids is 2. The molecule has 0 aliphatic heterocycles. The smallest absolute Gasteiger partial charge is 0.485 e. The van der Waals surface area contributed by atoms with Crippen molar-refractivity contribution in [2.75, 3.05) is 0 Å². The normalized spacial score (nSPS) is 10.9. The Morgan fingerprint density at radius 2 is 1.71 bits per heavy atom. The Bertz CT molecular complexity index is 842. The number of carbonyl (C=O) groups is 2. The summed E-state index contributed by atoms with van der Waals surface area (Å²) < 4.78 is 31.9. The van der Waals surface area contributed by atoms with E-state index in [2.05, 4.69) is 6.07 Å². The van der Waals surface area contributed by atoms with Crippen LogP contribution in [0.2, 0.25) is 0 Å². The second kappa shape index (κ2) is 6.12. The third-order valence-corrected chi connectivity index (χ3v) is 3.57. The zero-order valence-electron chi connectivity index (χ0n) is 10.7. The minimum Gasteiger partial charge on any atom is -0.485 e. The first-order valence-corrected chi connectivity index (χ1v) is 6.58. The number of carboxylic acids is 2. The van der Waals surface area contributed by atoms with Gasteiger partial charge in [0.1, 0.15) is 0 Å². The molecule has 0 unspecified atom stereocenters. The molecule has 104 valence electrons. The SMILES string of the molecule is O=C(O)c1ccc2c(S(=O)(=O)O)c(C(=O)O)c[c-]c2c1.[Na+]. The molecule has 0 spiro atoms. The van der Waals surface area contributed by atoms with Gasteiger partial charge in [0.25, 0.3) is 16.1 Å². The Morgan fingerprint density at radius 1 is 1.10 bits per heavy atom. The predicted octanol–water partition coefficient (Wildman–Crippen LogP) is -1.71. The molecule has 0 aliphatic carbocycles. The van der Waals surface area contributed by atoms with Crippen LogP contribution in [-0.2, 0) is 10.1 Å². The topological polar surface area (TPSA) is 129 Å². The molecule has 0 atom stereocenters. The Morgan fingerprint density at radius 3 is 2.19 bits per heavy atom. The van der Waals surface area contributed by atoms with Crippen molar-refractivity contribution in [2.45, 2.75) is 4.90 Å². The molecule has 0 amide bonds. The minimum atomic E-state index is -4.79. The molecule has 0 saturated heterocycles. The molecule has 2 aromatic rings. The summed E-state index contributed by atoms with van der Waals surface area (Å²) in [4.78, 5) is 21.0. The van der Waals surface area contributed by atoms with Gasteiger partial charge in [0.05, 0.1) is 0 Å². The van der Waals surface area contributed by atoms with Gasteiger partial charge in [0.2, 0.25) is 0 Å². The summed E-state index contributed by atoms with van der Waals surface area (Å²) in [6.07, 6.45) is 0. The quantitative estimate of drug-likeness (QED) is 0.349. The zero-order valence-corrected chi connectivity index (χ0v) is 13.5. The maximum Gasteiger partial charge on any atom is 1.00 e. The molecular weight excluding hydrogens is 311 g/mol. The fourth-order valence-corrected chi connectivity index (χ4v) is 2.67. The van der Waals surface area contributed by atoms with Crippen LogP contribution in [0, 0.1) is 6.07 Å². The molecule has 0 aromatic heterocycles. The van der Waals surface area contributed by atoms with Crippen LogP contribution in [0.5, 0.6) is 0 Å². The molecule has 9 heteroatoms. The van der Waals surface area contributed by atoms with Crippen LogP contribution < -0.4 is 29.6 Å². The van der Waals surface area contributed by atoms with Crippen molar-refractivity contribution in [2.24, 2.45) is 0 Å². The van der Waals surface area contributed by atoms with Crippen LogP contribution in [0.3, 0.4) is 0 Å². The monoisotopic (exact) mass is 318 g/mol. The maximum atomic E-state index is 11.4. The Kier molecular flexibility index (Phi) is 5.13. The molecule has 2 aromatic carbocycles. The Labute approximate surface area is 141 Å². The summed E-state index contributed by atoms with van der Waals surface area (Å²) in [5.41, 5.74) is -0.749. The second-order valence-electron chi connectivity index (χ2n) is 3.88. The van der Waals surface area contributed by atoms with Crippen LogP contribution in [0.25, 0.3) is 10.8 Å². The fraction of sp³-hybridized carbons (Fsp3) is 0. The number of hydrogen-bond donors (Lipinski definition) is 3. The minimum absolute atomic E-state index is 0. The van der Waals surface area contributed by atoms with Crippen molar-refractivity contribution in [1.82, 2.24) is 0 Å². The van der Waals surface area contributed by atoms with E-state index in [1.165, 1.54) is 0 Å². The molecule has 0 radical (unpaired) electrons. The summed E-state index contributed by atoms with van der Waals surface area (Å²) >= 11 is 0. The summed E-state index contributed by atoms with van der Waals surface area (Å²) in [6.45, 7) is 0. The van der Waals surface area contributed by atoms with E-state index < -0.39 is 32.5 Å². The van der Waals surface area contributed by atoms with E-state index in [0.717, 1.165) is 24.3 Å². The van der Waals surface area contributed by atoms with Gasteiger partial charge in [-0.2, -0.15) is 8.42 Å². The van der Waals surface area contributed by atoms with E-state index in [0.29, 0.717) is 0 Å². The van der Waals surface area contributed by atoms with Gasteiger partial charge < -0.3 is 10.2 Å². The molecular formula is C12H7NaO7S. The third kappa shape index (κ3) is 3.42. The Hall–Kier alpha value is -1.45. The predicted molar refractivity (Wildman–Crippen MR) is 66.5 cm³/mol. The molecule has 0 heterocycles. The molecule has 2 rings (SSSR count). The largest absolute Gasteiger partial charge is 1.00 e. The van der Waals surface area contributed by atoms with E-state index in [1.807, 2.05) is 0 Å². The maximum absolute atomic E-state index is 11.4. The van der Waals surface area contributed by atoms with Crippen LogP contribution in [-0.4, -0.2) is 35.1 Å². The van der Waals surface area contributed by atoms with E-state index in [9.17, 15) is 22.6 Å². The zero-order chi connectivity index (χ0) is 15.1. The second-order valence-corrected chi connectivity index (χ2v) is 5.24. The molecule has 7 nitrogen and oxygen atoms in total. The van der Waals surface area contributed by atoms with Crippen molar-refractivity contribution in [1.29, 1.82) is 0 Å². The van der Waals surface area contributed by atoms with Crippen molar-refractivity contribution in [3.8, 4) is 0 Å².